The predicted octanol–water partition coefficient (Wildman–Crippen LogP) is 3.52. The van der Waals surface area contributed by atoms with Gasteiger partial charge in [0.25, 0.3) is 0 Å². The highest BCUT2D eigenvalue weighted by molar-refractivity contribution is 5.16. The Morgan fingerprint density at radius 3 is 2.43 bits per heavy atom. The zero-order chi connectivity index (χ0) is 14.7. The maximum Gasteiger partial charge on any atom is 0.123 e. The predicted molar refractivity (Wildman–Crippen MR) is 84.7 cm³/mol. The molecule has 3 rings (SSSR count). The van der Waals surface area contributed by atoms with Gasteiger partial charge in [0, 0.05) is 38.8 Å². The molecule has 1 saturated heterocycles. The summed E-state index contributed by atoms with van der Waals surface area (Å²) in [6.07, 6.45) is 5.60. The van der Waals surface area contributed by atoms with Crippen molar-refractivity contribution in [2.75, 3.05) is 26.2 Å². The van der Waals surface area contributed by atoms with E-state index in [9.17, 15) is 4.39 Å². The van der Waals surface area contributed by atoms with Gasteiger partial charge < -0.3 is 0 Å². The van der Waals surface area contributed by atoms with Crippen molar-refractivity contribution in [1.82, 2.24) is 9.80 Å². The van der Waals surface area contributed by atoms with Crippen LogP contribution in [0.1, 0.15) is 38.2 Å². The number of piperazine rings is 1. The van der Waals surface area contributed by atoms with E-state index in [4.69, 9.17) is 0 Å². The molecule has 2 fully saturated rings. The topological polar surface area (TPSA) is 6.48 Å². The molecule has 1 saturated carbocycles. The number of benzene rings is 1. The second-order valence-corrected chi connectivity index (χ2v) is 6.86. The third-order valence-corrected chi connectivity index (χ3v) is 5.15. The van der Waals surface area contributed by atoms with E-state index in [0.29, 0.717) is 0 Å². The lowest BCUT2D eigenvalue weighted by molar-refractivity contribution is 0.0659. The summed E-state index contributed by atoms with van der Waals surface area (Å²) in [7, 11) is 0. The summed E-state index contributed by atoms with van der Waals surface area (Å²) >= 11 is 0. The molecule has 1 aromatic carbocycles. The standard InChI is InChI=1S/C18H27FN2/c1-15-3-2-4-18(13-15)21-11-9-20(10-12-21)14-16-5-7-17(19)8-6-16/h5-8,15,18H,2-4,9-14H2,1H3/t15-,18+/m0/s1. The molecule has 0 radical (unpaired) electrons. The molecule has 2 atom stereocenters. The van der Waals surface area contributed by atoms with Crippen LogP contribution in [0.4, 0.5) is 4.39 Å². The van der Waals surface area contributed by atoms with Crippen molar-refractivity contribution < 1.29 is 4.39 Å². The second kappa shape index (κ2) is 6.89. The number of rotatable bonds is 3. The van der Waals surface area contributed by atoms with Crippen LogP contribution in [0, 0.1) is 11.7 Å². The minimum Gasteiger partial charge on any atom is -0.298 e. The molecule has 0 bridgehead atoms. The van der Waals surface area contributed by atoms with Crippen LogP contribution in [0.5, 0.6) is 0 Å². The highest BCUT2D eigenvalue weighted by Crippen LogP contribution is 2.28. The first-order valence-electron chi connectivity index (χ1n) is 8.41. The molecule has 116 valence electrons. The van der Waals surface area contributed by atoms with E-state index in [-0.39, 0.29) is 5.82 Å². The van der Waals surface area contributed by atoms with Crippen molar-refractivity contribution in [3.05, 3.63) is 35.6 Å². The normalized spacial score (nSPS) is 28.7. The Kier molecular flexibility index (Phi) is 4.91. The second-order valence-electron chi connectivity index (χ2n) is 6.86. The highest BCUT2D eigenvalue weighted by atomic mass is 19.1. The van der Waals surface area contributed by atoms with Gasteiger partial charge in [-0.05, 0) is 36.5 Å². The zero-order valence-electron chi connectivity index (χ0n) is 13.1. The van der Waals surface area contributed by atoms with Crippen molar-refractivity contribution in [2.45, 2.75) is 45.2 Å². The molecular weight excluding hydrogens is 263 g/mol. The summed E-state index contributed by atoms with van der Waals surface area (Å²) in [4.78, 5) is 5.20. The molecule has 3 heteroatoms. The summed E-state index contributed by atoms with van der Waals surface area (Å²) in [5, 5.41) is 0. The summed E-state index contributed by atoms with van der Waals surface area (Å²) in [5.74, 6) is 0.760. The fraction of sp³-hybridized carbons (Fsp3) is 0.667. The highest BCUT2D eigenvalue weighted by Gasteiger charge is 2.27. The Balaban J connectivity index is 1.47. The van der Waals surface area contributed by atoms with Gasteiger partial charge in [0.2, 0.25) is 0 Å². The van der Waals surface area contributed by atoms with Crippen molar-refractivity contribution >= 4 is 0 Å². The first-order chi connectivity index (χ1) is 10.2. The van der Waals surface area contributed by atoms with Crippen LogP contribution in [0.3, 0.4) is 0 Å². The van der Waals surface area contributed by atoms with Crippen LogP contribution >= 0.6 is 0 Å². The lowest BCUT2D eigenvalue weighted by atomic mass is 9.86. The molecule has 1 heterocycles. The van der Waals surface area contributed by atoms with Gasteiger partial charge in [0.15, 0.2) is 0 Å². The monoisotopic (exact) mass is 290 g/mol. The van der Waals surface area contributed by atoms with Gasteiger partial charge in [0.1, 0.15) is 5.82 Å². The van der Waals surface area contributed by atoms with Crippen molar-refractivity contribution in [2.24, 2.45) is 5.92 Å². The molecule has 0 unspecified atom stereocenters. The maximum atomic E-state index is 12.9. The minimum absolute atomic E-state index is 0.144. The van der Waals surface area contributed by atoms with Crippen LogP contribution in [0.25, 0.3) is 0 Å². The van der Waals surface area contributed by atoms with Gasteiger partial charge in [0.05, 0.1) is 0 Å². The number of nitrogens with zero attached hydrogens (tertiary/aromatic N) is 2. The Bertz CT molecular complexity index is 437. The van der Waals surface area contributed by atoms with E-state index in [1.165, 1.54) is 44.3 Å². The Morgan fingerprint density at radius 2 is 1.76 bits per heavy atom. The molecular formula is C18H27FN2. The molecule has 0 spiro atoms. The molecule has 1 aromatic rings. The summed E-state index contributed by atoms with van der Waals surface area (Å²) in [6.45, 7) is 8.02. The largest absolute Gasteiger partial charge is 0.298 e. The Labute approximate surface area is 127 Å². The minimum atomic E-state index is -0.144. The fourth-order valence-electron chi connectivity index (χ4n) is 3.87. The van der Waals surface area contributed by atoms with E-state index in [1.807, 2.05) is 12.1 Å². The average Bonchev–Trinajstić information content (AvgIpc) is 2.50. The van der Waals surface area contributed by atoms with E-state index in [1.54, 1.807) is 12.1 Å². The molecule has 0 aromatic heterocycles. The number of hydrogen-bond donors (Lipinski definition) is 0. The maximum absolute atomic E-state index is 12.9. The van der Waals surface area contributed by atoms with Gasteiger partial charge in [-0.25, -0.2) is 4.39 Å². The number of hydrogen-bond acceptors (Lipinski definition) is 2. The Morgan fingerprint density at radius 1 is 1.05 bits per heavy atom. The first kappa shape index (κ1) is 15.0. The van der Waals surface area contributed by atoms with Crippen LogP contribution in [-0.2, 0) is 6.54 Å². The van der Waals surface area contributed by atoms with Gasteiger partial charge in [-0.15, -0.1) is 0 Å². The van der Waals surface area contributed by atoms with Crippen LogP contribution in [0.2, 0.25) is 0 Å². The van der Waals surface area contributed by atoms with Crippen molar-refractivity contribution in [1.29, 1.82) is 0 Å². The summed E-state index contributed by atoms with van der Waals surface area (Å²) in [6, 6.07) is 7.76. The summed E-state index contributed by atoms with van der Waals surface area (Å²) < 4.78 is 12.9. The van der Waals surface area contributed by atoms with Crippen molar-refractivity contribution in [3.8, 4) is 0 Å². The van der Waals surface area contributed by atoms with Crippen LogP contribution in [0.15, 0.2) is 24.3 Å². The van der Waals surface area contributed by atoms with Crippen LogP contribution in [-0.4, -0.2) is 42.0 Å². The van der Waals surface area contributed by atoms with Crippen molar-refractivity contribution in [3.63, 3.8) is 0 Å². The van der Waals surface area contributed by atoms with E-state index < -0.39 is 0 Å². The lowest BCUT2D eigenvalue weighted by Gasteiger charge is -2.42. The molecule has 1 aliphatic carbocycles. The van der Waals surface area contributed by atoms with E-state index in [2.05, 4.69) is 16.7 Å². The number of halogens is 1. The molecule has 0 N–H and O–H groups in total. The SMILES string of the molecule is C[C@H]1CCC[C@@H](N2CCN(Cc3ccc(F)cc3)CC2)C1. The molecule has 0 amide bonds. The van der Waals surface area contributed by atoms with E-state index >= 15 is 0 Å². The van der Waals surface area contributed by atoms with Crippen LogP contribution < -0.4 is 0 Å². The van der Waals surface area contributed by atoms with E-state index in [0.717, 1.165) is 31.6 Å². The van der Waals surface area contributed by atoms with Gasteiger partial charge in [-0.1, -0.05) is 31.9 Å². The third kappa shape index (κ3) is 4.04. The van der Waals surface area contributed by atoms with Gasteiger partial charge in [-0.3, -0.25) is 9.80 Å². The Hall–Kier alpha value is -0.930. The zero-order valence-corrected chi connectivity index (χ0v) is 13.1. The molecule has 2 aliphatic rings. The summed E-state index contributed by atoms with van der Waals surface area (Å²) in [5.41, 5.74) is 1.22. The molecule has 21 heavy (non-hydrogen) atoms. The smallest absolute Gasteiger partial charge is 0.123 e. The van der Waals surface area contributed by atoms with Gasteiger partial charge >= 0.3 is 0 Å². The fourth-order valence-corrected chi connectivity index (χ4v) is 3.87. The average molecular weight is 290 g/mol. The molecule has 2 nitrogen and oxygen atoms in total. The quantitative estimate of drug-likeness (QED) is 0.840. The first-order valence-corrected chi connectivity index (χ1v) is 8.41. The molecule has 1 aliphatic heterocycles. The van der Waals surface area contributed by atoms with Gasteiger partial charge in [-0.2, -0.15) is 0 Å². The lowest BCUT2D eigenvalue weighted by Crippen LogP contribution is -2.50. The third-order valence-electron chi connectivity index (χ3n) is 5.15.